The van der Waals surface area contributed by atoms with Crippen molar-refractivity contribution in [1.82, 2.24) is 4.90 Å². The van der Waals surface area contributed by atoms with Gasteiger partial charge in [0.1, 0.15) is 13.2 Å². The first-order valence-electron chi connectivity index (χ1n) is 7.19. The molecular formula is C15H21BrN2O2. The minimum atomic E-state index is 0.343. The van der Waals surface area contributed by atoms with Crippen LogP contribution in [0.2, 0.25) is 0 Å². The van der Waals surface area contributed by atoms with Gasteiger partial charge in [0.15, 0.2) is 11.5 Å². The molecule has 0 saturated carbocycles. The van der Waals surface area contributed by atoms with Crippen LogP contribution in [0.15, 0.2) is 16.6 Å². The first-order chi connectivity index (χ1) is 9.63. The lowest BCUT2D eigenvalue weighted by Crippen LogP contribution is -2.45. The summed E-state index contributed by atoms with van der Waals surface area (Å²) in [5, 5.41) is 0. The number of hydrogen-bond acceptors (Lipinski definition) is 4. The van der Waals surface area contributed by atoms with Gasteiger partial charge in [-0.05, 0) is 36.6 Å². The van der Waals surface area contributed by atoms with Crippen molar-refractivity contribution in [3.05, 3.63) is 22.2 Å². The van der Waals surface area contributed by atoms with Gasteiger partial charge in [-0.3, -0.25) is 4.90 Å². The maximum Gasteiger partial charge on any atom is 0.162 e. The van der Waals surface area contributed by atoms with Crippen molar-refractivity contribution in [2.45, 2.75) is 25.9 Å². The molecule has 4 nitrogen and oxygen atoms in total. The fourth-order valence-corrected chi connectivity index (χ4v) is 3.31. The molecule has 1 aromatic carbocycles. The zero-order valence-corrected chi connectivity index (χ0v) is 13.4. The highest BCUT2D eigenvalue weighted by Crippen LogP contribution is 2.36. The molecule has 20 heavy (non-hydrogen) atoms. The summed E-state index contributed by atoms with van der Waals surface area (Å²) in [5.41, 5.74) is 7.33. The van der Waals surface area contributed by atoms with Crippen molar-refractivity contribution < 1.29 is 9.47 Å². The molecule has 1 fully saturated rings. The normalized spacial score (nSPS) is 26.6. The first kappa shape index (κ1) is 14.2. The monoisotopic (exact) mass is 340 g/mol. The lowest BCUT2D eigenvalue weighted by molar-refractivity contribution is 0.155. The van der Waals surface area contributed by atoms with Crippen LogP contribution in [0.4, 0.5) is 0 Å². The van der Waals surface area contributed by atoms with Gasteiger partial charge in [0.2, 0.25) is 0 Å². The van der Waals surface area contributed by atoms with Crippen molar-refractivity contribution in [3.63, 3.8) is 0 Å². The zero-order chi connectivity index (χ0) is 14.1. The number of piperidine rings is 1. The highest BCUT2D eigenvalue weighted by atomic mass is 79.9. The molecule has 2 aliphatic heterocycles. The van der Waals surface area contributed by atoms with Crippen LogP contribution in [0.3, 0.4) is 0 Å². The second kappa shape index (κ2) is 5.92. The van der Waals surface area contributed by atoms with E-state index in [-0.39, 0.29) is 0 Å². The SMILES string of the molecule is CC1CN(Cc2cc3c(cc2Br)OCCO3)CCC1N. The second-order valence-electron chi connectivity index (χ2n) is 5.75. The summed E-state index contributed by atoms with van der Waals surface area (Å²) < 4.78 is 12.3. The molecule has 3 rings (SSSR count). The van der Waals surface area contributed by atoms with Crippen molar-refractivity contribution in [2.24, 2.45) is 11.7 Å². The van der Waals surface area contributed by atoms with Crippen LogP contribution in [-0.4, -0.2) is 37.2 Å². The zero-order valence-electron chi connectivity index (χ0n) is 11.8. The summed E-state index contributed by atoms with van der Waals surface area (Å²) in [6.07, 6.45) is 1.07. The van der Waals surface area contributed by atoms with Gasteiger partial charge in [-0.2, -0.15) is 0 Å². The van der Waals surface area contributed by atoms with E-state index >= 15 is 0 Å². The Kier molecular flexibility index (Phi) is 4.19. The molecule has 2 aliphatic rings. The molecule has 1 aromatic rings. The van der Waals surface area contributed by atoms with Crippen molar-refractivity contribution in [2.75, 3.05) is 26.3 Å². The van der Waals surface area contributed by atoms with E-state index in [4.69, 9.17) is 15.2 Å². The first-order valence-corrected chi connectivity index (χ1v) is 7.99. The highest BCUT2D eigenvalue weighted by Gasteiger charge is 2.24. The molecule has 5 heteroatoms. The third-order valence-corrected chi connectivity index (χ3v) is 4.90. The fourth-order valence-electron chi connectivity index (χ4n) is 2.86. The lowest BCUT2D eigenvalue weighted by Gasteiger charge is -2.35. The Morgan fingerprint density at radius 2 is 2.00 bits per heavy atom. The minimum absolute atomic E-state index is 0.343. The Balaban J connectivity index is 1.74. The molecule has 110 valence electrons. The van der Waals surface area contributed by atoms with Gasteiger partial charge < -0.3 is 15.2 Å². The summed E-state index contributed by atoms with van der Waals surface area (Å²) in [6.45, 7) is 6.53. The van der Waals surface area contributed by atoms with Crippen LogP contribution in [0.1, 0.15) is 18.9 Å². The van der Waals surface area contributed by atoms with Crippen LogP contribution >= 0.6 is 15.9 Å². The van der Waals surface area contributed by atoms with Crippen molar-refractivity contribution in [3.8, 4) is 11.5 Å². The molecule has 2 N–H and O–H groups in total. The fraction of sp³-hybridized carbons (Fsp3) is 0.600. The predicted octanol–water partition coefficient (Wildman–Crippen LogP) is 2.39. The van der Waals surface area contributed by atoms with Crippen molar-refractivity contribution in [1.29, 1.82) is 0 Å². The summed E-state index contributed by atoms with van der Waals surface area (Å²) >= 11 is 3.64. The molecule has 0 spiro atoms. The highest BCUT2D eigenvalue weighted by molar-refractivity contribution is 9.10. The van der Waals surface area contributed by atoms with E-state index in [1.807, 2.05) is 6.07 Å². The van der Waals surface area contributed by atoms with Crippen LogP contribution in [-0.2, 0) is 6.54 Å². The number of benzene rings is 1. The Morgan fingerprint density at radius 1 is 1.30 bits per heavy atom. The summed E-state index contributed by atoms with van der Waals surface area (Å²) in [6, 6.07) is 4.45. The van der Waals surface area contributed by atoms with Crippen LogP contribution in [0.5, 0.6) is 11.5 Å². The lowest BCUT2D eigenvalue weighted by atomic mass is 9.94. The Bertz CT molecular complexity index is 495. The quantitative estimate of drug-likeness (QED) is 0.897. The Morgan fingerprint density at radius 3 is 2.70 bits per heavy atom. The smallest absolute Gasteiger partial charge is 0.162 e. The predicted molar refractivity (Wildman–Crippen MR) is 82.2 cm³/mol. The second-order valence-corrected chi connectivity index (χ2v) is 6.61. The average molecular weight is 341 g/mol. The van der Waals surface area contributed by atoms with Crippen molar-refractivity contribution >= 4 is 15.9 Å². The molecule has 0 aromatic heterocycles. The largest absolute Gasteiger partial charge is 0.486 e. The maximum absolute atomic E-state index is 6.08. The third-order valence-electron chi connectivity index (χ3n) is 4.16. The molecule has 0 aliphatic carbocycles. The van der Waals surface area contributed by atoms with Gasteiger partial charge in [-0.15, -0.1) is 0 Å². The Labute approximate surface area is 128 Å². The third kappa shape index (κ3) is 2.95. The number of nitrogens with two attached hydrogens (primary N) is 1. The van der Waals surface area contributed by atoms with Gasteiger partial charge >= 0.3 is 0 Å². The summed E-state index contributed by atoms with van der Waals surface area (Å²) in [5.74, 6) is 2.25. The number of halogens is 1. The number of rotatable bonds is 2. The molecule has 0 bridgehead atoms. The van der Waals surface area contributed by atoms with E-state index in [2.05, 4.69) is 33.8 Å². The van der Waals surface area contributed by atoms with E-state index in [0.29, 0.717) is 25.2 Å². The molecule has 2 atom stereocenters. The van der Waals surface area contributed by atoms with E-state index in [1.165, 1.54) is 5.56 Å². The average Bonchev–Trinajstić information content (AvgIpc) is 2.44. The van der Waals surface area contributed by atoms with Crippen LogP contribution < -0.4 is 15.2 Å². The molecule has 1 saturated heterocycles. The van der Waals surface area contributed by atoms with E-state index in [9.17, 15) is 0 Å². The van der Waals surface area contributed by atoms with E-state index in [0.717, 1.165) is 42.0 Å². The number of fused-ring (bicyclic) bond motifs is 1. The standard InChI is InChI=1S/C15H21BrN2O2/c1-10-8-18(3-2-13(10)17)9-11-6-14-15(7-12(11)16)20-5-4-19-14/h6-7,10,13H,2-5,8-9,17H2,1H3. The number of hydrogen-bond donors (Lipinski definition) is 1. The van der Waals surface area contributed by atoms with E-state index in [1.54, 1.807) is 0 Å². The van der Waals surface area contributed by atoms with Crippen LogP contribution in [0, 0.1) is 5.92 Å². The summed E-state index contributed by atoms with van der Waals surface area (Å²) in [4.78, 5) is 2.46. The van der Waals surface area contributed by atoms with Gasteiger partial charge in [-0.1, -0.05) is 22.9 Å². The number of nitrogens with zero attached hydrogens (tertiary/aromatic N) is 1. The van der Waals surface area contributed by atoms with Gasteiger partial charge in [0.25, 0.3) is 0 Å². The molecule has 0 radical (unpaired) electrons. The molecular weight excluding hydrogens is 320 g/mol. The maximum atomic E-state index is 6.08. The Hall–Kier alpha value is -0.780. The minimum Gasteiger partial charge on any atom is -0.486 e. The molecule has 0 amide bonds. The molecule has 2 unspecified atom stereocenters. The summed E-state index contributed by atoms with van der Waals surface area (Å²) in [7, 11) is 0. The van der Waals surface area contributed by atoms with Gasteiger partial charge in [0, 0.05) is 23.6 Å². The topological polar surface area (TPSA) is 47.7 Å². The molecule has 2 heterocycles. The number of ether oxygens (including phenoxy) is 2. The van der Waals surface area contributed by atoms with E-state index < -0.39 is 0 Å². The van der Waals surface area contributed by atoms with Gasteiger partial charge in [-0.25, -0.2) is 0 Å². The number of likely N-dealkylation sites (tertiary alicyclic amines) is 1. The van der Waals surface area contributed by atoms with Gasteiger partial charge in [0.05, 0.1) is 0 Å². The van der Waals surface area contributed by atoms with Crippen LogP contribution in [0.25, 0.3) is 0 Å².